The van der Waals surface area contributed by atoms with Crippen molar-refractivity contribution < 1.29 is 4.79 Å². The molecule has 0 rings (SSSR count). The largest absolute Gasteiger partial charge is 0.343 e. The summed E-state index contributed by atoms with van der Waals surface area (Å²) in [5.41, 5.74) is 0. The van der Waals surface area contributed by atoms with Crippen molar-refractivity contribution in [3.8, 4) is 0 Å². The fraction of sp³-hybridized carbons (Fsp3) is 0.800. The van der Waals surface area contributed by atoms with Crippen molar-refractivity contribution in [1.82, 2.24) is 10.6 Å². The first kappa shape index (κ1) is 7.43. The molecule has 0 aromatic rings. The molecule has 0 fully saturated rings. The lowest BCUT2D eigenvalue weighted by molar-refractivity contribution is -0.110. The van der Waals surface area contributed by atoms with Gasteiger partial charge in [0.1, 0.15) is 0 Å². The van der Waals surface area contributed by atoms with Gasteiger partial charge >= 0.3 is 0 Å². The van der Waals surface area contributed by atoms with E-state index in [4.69, 9.17) is 0 Å². The SMILES string of the molecule is CCC(NC)NC=O. The molecule has 3 heteroatoms. The summed E-state index contributed by atoms with van der Waals surface area (Å²) in [7, 11) is 1.81. The molecule has 0 saturated heterocycles. The Hall–Kier alpha value is -0.570. The quantitative estimate of drug-likeness (QED) is 0.390. The first-order chi connectivity index (χ1) is 3.85. The number of hydrogen-bond acceptors (Lipinski definition) is 2. The summed E-state index contributed by atoms with van der Waals surface area (Å²) in [5.74, 6) is 0. The van der Waals surface area contributed by atoms with Gasteiger partial charge in [-0.3, -0.25) is 4.79 Å². The maximum Gasteiger partial charge on any atom is 0.208 e. The van der Waals surface area contributed by atoms with E-state index in [-0.39, 0.29) is 6.17 Å². The second-order valence-corrected chi connectivity index (χ2v) is 1.53. The molecule has 0 aromatic heterocycles. The molecule has 1 amide bonds. The number of hydrogen-bond donors (Lipinski definition) is 2. The third-order valence-corrected chi connectivity index (χ3v) is 1.03. The van der Waals surface area contributed by atoms with Gasteiger partial charge in [0.25, 0.3) is 0 Å². The number of nitrogens with one attached hydrogen (secondary N) is 2. The van der Waals surface area contributed by atoms with Crippen LogP contribution in [0.4, 0.5) is 0 Å². The minimum Gasteiger partial charge on any atom is -0.343 e. The molecular formula is C5H12N2O. The molecule has 0 bridgehead atoms. The summed E-state index contributed by atoms with van der Waals surface area (Å²) in [4.78, 5) is 9.78. The molecule has 8 heavy (non-hydrogen) atoms. The smallest absolute Gasteiger partial charge is 0.208 e. The van der Waals surface area contributed by atoms with Crippen LogP contribution in [0.2, 0.25) is 0 Å². The summed E-state index contributed by atoms with van der Waals surface area (Å²) < 4.78 is 0. The molecule has 2 N–H and O–H groups in total. The second-order valence-electron chi connectivity index (χ2n) is 1.53. The Morgan fingerprint density at radius 3 is 2.50 bits per heavy atom. The predicted octanol–water partition coefficient (Wildman–Crippen LogP) is -0.312. The standard InChI is InChI=1S/C5H12N2O/c1-3-5(6-2)7-4-8/h4-6H,3H2,1-2H3,(H,7,8). The zero-order valence-corrected chi connectivity index (χ0v) is 5.27. The van der Waals surface area contributed by atoms with Crippen molar-refractivity contribution in [3.05, 3.63) is 0 Å². The van der Waals surface area contributed by atoms with Crippen molar-refractivity contribution in [2.75, 3.05) is 7.05 Å². The Morgan fingerprint density at radius 2 is 2.38 bits per heavy atom. The van der Waals surface area contributed by atoms with E-state index in [9.17, 15) is 4.79 Å². The average Bonchev–Trinajstić information content (AvgIpc) is 1.83. The maximum absolute atomic E-state index is 9.78. The third-order valence-electron chi connectivity index (χ3n) is 1.03. The highest BCUT2D eigenvalue weighted by Gasteiger charge is 1.95. The lowest BCUT2D eigenvalue weighted by Gasteiger charge is -2.10. The van der Waals surface area contributed by atoms with Crippen LogP contribution in [-0.4, -0.2) is 19.6 Å². The van der Waals surface area contributed by atoms with Crippen LogP contribution < -0.4 is 10.6 Å². The van der Waals surface area contributed by atoms with Gasteiger partial charge in [-0.1, -0.05) is 6.92 Å². The van der Waals surface area contributed by atoms with Crippen LogP contribution in [0.1, 0.15) is 13.3 Å². The van der Waals surface area contributed by atoms with Crippen LogP contribution in [0.15, 0.2) is 0 Å². The molecule has 48 valence electrons. The predicted molar refractivity (Wildman–Crippen MR) is 32.3 cm³/mol. The zero-order chi connectivity index (χ0) is 6.41. The highest BCUT2D eigenvalue weighted by atomic mass is 16.1. The Bertz CT molecular complexity index is 61.4. The normalized spacial score (nSPS) is 12.8. The Labute approximate surface area is 49.5 Å². The molecule has 0 aromatic carbocycles. The van der Waals surface area contributed by atoms with E-state index in [1.165, 1.54) is 0 Å². The number of rotatable bonds is 4. The van der Waals surface area contributed by atoms with Crippen molar-refractivity contribution in [2.24, 2.45) is 0 Å². The van der Waals surface area contributed by atoms with Crippen LogP contribution in [0.5, 0.6) is 0 Å². The zero-order valence-electron chi connectivity index (χ0n) is 5.27. The lowest BCUT2D eigenvalue weighted by atomic mass is 10.4. The van der Waals surface area contributed by atoms with Gasteiger partial charge in [-0.05, 0) is 13.5 Å². The number of amides is 1. The molecule has 0 aliphatic rings. The fourth-order valence-electron chi connectivity index (χ4n) is 0.487. The monoisotopic (exact) mass is 116 g/mol. The van der Waals surface area contributed by atoms with E-state index < -0.39 is 0 Å². The summed E-state index contributed by atoms with van der Waals surface area (Å²) in [6.07, 6.45) is 1.74. The maximum atomic E-state index is 9.78. The number of carbonyl (C=O) groups excluding carboxylic acids is 1. The lowest BCUT2D eigenvalue weighted by Crippen LogP contribution is -2.38. The molecule has 0 radical (unpaired) electrons. The van der Waals surface area contributed by atoms with Crippen LogP contribution in [0.25, 0.3) is 0 Å². The van der Waals surface area contributed by atoms with E-state index in [0.717, 1.165) is 6.42 Å². The summed E-state index contributed by atoms with van der Waals surface area (Å²) >= 11 is 0. The van der Waals surface area contributed by atoms with Gasteiger partial charge in [0.05, 0.1) is 6.17 Å². The minimum atomic E-state index is 0.132. The van der Waals surface area contributed by atoms with Gasteiger partial charge < -0.3 is 10.6 Å². The van der Waals surface area contributed by atoms with Gasteiger partial charge in [-0.15, -0.1) is 0 Å². The van der Waals surface area contributed by atoms with Gasteiger partial charge in [0, 0.05) is 0 Å². The topological polar surface area (TPSA) is 41.1 Å². The summed E-state index contributed by atoms with van der Waals surface area (Å²) in [6, 6.07) is 0. The van der Waals surface area contributed by atoms with Crippen LogP contribution in [0, 0.1) is 0 Å². The first-order valence-corrected chi connectivity index (χ1v) is 2.72. The van der Waals surface area contributed by atoms with Crippen LogP contribution >= 0.6 is 0 Å². The van der Waals surface area contributed by atoms with Crippen molar-refractivity contribution in [2.45, 2.75) is 19.5 Å². The molecule has 0 heterocycles. The highest BCUT2D eigenvalue weighted by molar-refractivity contribution is 5.46. The molecule has 3 nitrogen and oxygen atoms in total. The second kappa shape index (κ2) is 4.59. The Kier molecular flexibility index (Phi) is 4.26. The van der Waals surface area contributed by atoms with Gasteiger partial charge in [-0.25, -0.2) is 0 Å². The molecule has 1 atom stereocenters. The van der Waals surface area contributed by atoms with E-state index in [1.807, 2.05) is 14.0 Å². The van der Waals surface area contributed by atoms with Gasteiger partial charge in [-0.2, -0.15) is 0 Å². The minimum absolute atomic E-state index is 0.132. The van der Waals surface area contributed by atoms with E-state index in [2.05, 4.69) is 10.6 Å². The van der Waals surface area contributed by atoms with Crippen molar-refractivity contribution in [1.29, 1.82) is 0 Å². The average molecular weight is 116 g/mol. The van der Waals surface area contributed by atoms with E-state index >= 15 is 0 Å². The van der Waals surface area contributed by atoms with Crippen LogP contribution in [0.3, 0.4) is 0 Å². The summed E-state index contributed by atoms with van der Waals surface area (Å²) in [6.45, 7) is 2.00. The molecule has 1 unspecified atom stereocenters. The van der Waals surface area contributed by atoms with E-state index in [0.29, 0.717) is 6.41 Å². The third kappa shape index (κ3) is 2.58. The van der Waals surface area contributed by atoms with Crippen molar-refractivity contribution in [3.63, 3.8) is 0 Å². The van der Waals surface area contributed by atoms with Gasteiger partial charge in [0.15, 0.2) is 0 Å². The molecule has 0 saturated carbocycles. The highest BCUT2D eigenvalue weighted by Crippen LogP contribution is 1.79. The number of carbonyl (C=O) groups is 1. The molecular weight excluding hydrogens is 104 g/mol. The fourth-order valence-corrected chi connectivity index (χ4v) is 0.487. The summed E-state index contributed by atoms with van der Waals surface area (Å²) in [5, 5.41) is 5.50. The molecule has 0 aliphatic carbocycles. The molecule has 0 spiro atoms. The Balaban J connectivity index is 3.20. The molecule has 0 aliphatic heterocycles. The van der Waals surface area contributed by atoms with Crippen molar-refractivity contribution >= 4 is 6.41 Å². The van der Waals surface area contributed by atoms with Gasteiger partial charge in [0.2, 0.25) is 6.41 Å². The van der Waals surface area contributed by atoms with E-state index in [1.54, 1.807) is 0 Å². The first-order valence-electron chi connectivity index (χ1n) is 2.72. The Morgan fingerprint density at radius 1 is 1.75 bits per heavy atom. The van der Waals surface area contributed by atoms with Crippen LogP contribution in [-0.2, 0) is 4.79 Å².